The molecule has 2 amide bonds. The Morgan fingerprint density at radius 2 is 2.13 bits per heavy atom. The molecule has 5 heteroatoms. The lowest BCUT2D eigenvalue weighted by Crippen LogP contribution is -2.42. The fraction of sp³-hybridized carbons (Fsp3) is 0.400. The van der Waals surface area contributed by atoms with Crippen LogP contribution in [0.4, 0.5) is 0 Å². The first kappa shape index (κ1) is 11.3. The van der Waals surface area contributed by atoms with Gasteiger partial charge in [0.1, 0.15) is 5.69 Å². The summed E-state index contributed by atoms with van der Waals surface area (Å²) in [6.45, 7) is 3.87. The number of hydrogen-bond acceptors (Lipinski definition) is 2. The molecule has 15 heavy (non-hydrogen) atoms. The number of carbonyl (C=O) groups excluding carboxylic acids is 2. The number of aromatic amines is 1. The summed E-state index contributed by atoms with van der Waals surface area (Å²) < 4.78 is 0. The Morgan fingerprint density at radius 3 is 2.67 bits per heavy atom. The van der Waals surface area contributed by atoms with Crippen molar-refractivity contribution in [3.05, 3.63) is 24.0 Å². The summed E-state index contributed by atoms with van der Waals surface area (Å²) in [6, 6.07) is 3.34. The first-order chi connectivity index (χ1) is 7.09. The predicted molar refractivity (Wildman–Crippen MR) is 55.9 cm³/mol. The van der Waals surface area contributed by atoms with E-state index in [0.29, 0.717) is 12.1 Å². The Bertz CT molecular complexity index is 330. The molecule has 1 aromatic heterocycles. The normalized spacial score (nSPS) is 10.1. The van der Waals surface area contributed by atoms with E-state index in [2.05, 4.69) is 15.8 Å². The molecule has 0 bridgehead atoms. The maximum atomic E-state index is 11.3. The first-order valence-electron chi connectivity index (χ1n) is 4.82. The average molecular weight is 209 g/mol. The Morgan fingerprint density at radius 1 is 1.40 bits per heavy atom. The zero-order chi connectivity index (χ0) is 11.3. The van der Waals surface area contributed by atoms with Crippen LogP contribution in [0.5, 0.6) is 0 Å². The summed E-state index contributed by atoms with van der Waals surface area (Å²) in [4.78, 5) is 25.3. The smallest absolute Gasteiger partial charge is 0.286 e. The number of rotatable bonds is 3. The third kappa shape index (κ3) is 3.84. The van der Waals surface area contributed by atoms with E-state index in [9.17, 15) is 9.59 Å². The Hall–Kier alpha value is -1.78. The van der Waals surface area contributed by atoms with Crippen molar-refractivity contribution in [1.29, 1.82) is 0 Å². The van der Waals surface area contributed by atoms with Crippen LogP contribution >= 0.6 is 0 Å². The van der Waals surface area contributed by atoms with Crippen molar-refractivity contribution in [2.24, 2.45) is 5.92 Å². The molecule has 1 heterocycles. The SMILES string of the molecule is CC(C)CC(=O)NNC(=O)c1ccc[nH]1. The molecule has 0 spiro atoms. The molecule has 0 aliphatic rings. The van der Waals surface area contributed by atoms with E-state index in [1.54, 1.807) is 18.3 Å². The molecule has 3 N–H and O–H groups in total. The molecule has 0 saturated heterocycles. The molecule has 1 rings (SSSR count). The molecule has 0 atom stereocenters. The van der Waals surface area contributed by atoms with Crippen molar-refractivity contribution in [2.75, 3.05) is 0 Å². The number of carbonyl (C=O) groups is 2. The highest BCUT2D eigenvalue weighted by molar-refractivity contribution is 5.93. The highest BCUT2D eigenvalue weighted by Crippen LogP contribution is 1.97. The molecule has 5 nitrogen and oxygen atoms in total. The van der Waals surface area contributed by atoms with Gasteiger partial charge in [0, 0.05) is 12.6 Å². The van der Waals surface area contributed by atoms with Gasteiger partial charge in [-0.05, 0) is 18.1 Å². The molecule has 0 unspecified atom stereocenters. The van der Waals surface area contributed by atoms with Gasteiger partial charge in [-0.25, -0.2) is 0 Å². The number of aromatic nitrogens is 1. The van der Waals surface area contributed by atoms with E-state index >= 15 is 0 Å². The van der Waals surface area contributed by atoms with Crippen molar-refractivity contribution in [3.8, 4) is 0 Å². The van der Waals surface area contributed by atoms with Gasteiger partial charge in [-0.1, -0.05) is 13.8 Å². The lowest BCUT2D eigenvalue weighted by molar-refractivity contribution is -0.122. The van der Waals surface area contributed by atoms with Crippen LogP contribution in [0.1, 0.15) is 30.8 Å². The van der Waals surface area contributed by atoms with Crippen LogP contribution in [-0.2, 0) is 4.79 Å². The van der Waals surface area contributed by atoms with E-state index in [0.717, 1.165) is 0 Å². The molecule has 0 aromatic carbocycles. The molecule has 0 fully saturated rings. The van der Waals surface area contributed by atoms with Crippen LogP contribution in [0.2, 0.25) is 0 Å². The van der Waals surface area contributed by atoms with Crippen LogP contribution in [0.15, 0.2) is 18.3 Å². The Labute approximate surface area is 88.2 Å². The second-order valence-electron chi connectivity index (χ2n) is 3.68. The van der Waals surface area contributed by atoms with Crippen molar-refractivity contribution in [2.45, 2.75) is 20.3 Å². The number of amides is 2. The monoisotopic (exact) mass is 209 g/mol. The molecule has 82 valence electrons. The van der Waals surface area contributed by atoms with Crippen LogP contribution in [0, 0.1) is 5.92 Å². The van der Waals surface area contributed by atoms with Crippen molar-refractivity contribution in [3.63, 3.8) is 0 Å². The van der Waals surface area contributed by atoms with Crippen LogP contribution in [0.25, 0.3) is 0 Å². The Kier molecular flexibility index (Phi) is 3.91. The topological polar surface area (TPSA) is 74.0 Å². The zero-order valence-corrected chi connectivity index (χ0v) is 8.83. The van der Waals surface area contributed by atoms with Gasteiger partial charge in [0.15, 0.2) is 0 Å². The van der Waals surface area contributed by atoms with Crippen LogP contribution in [-0.4, -0.2) is 16.8 Å². The third-order valence-electron chi connectivity index (χ3n) is 1.75. The van der Waals surface area contributed by atoms with E-state index in [1.165, 1.54) is 0 Å². The zero-order valence-electron chi connectivity index (χ0n) is 8.83. The van der Waals surface area contributed by atoms with Crippen molar-refractivity contribution in [1.82, 2.24) is 15.8 Å². The number of hydrazine groups is 1. The molecule has 0 radical (unpaired) electrons. The van der Waals surface area contributed by atoms with Crippen LogP contribution in [0.3, 0.4) is 0 Å². The van der Waals surface area contributed by atoms with Gasteiger partial charge in [0.25, 0.3) is 5.91 Å². The summed E-state index contributed by atoms with van der Waals surface area (Å²) in [5, 5.41) is 0. The van der Waals surface area contributed by atoms with Gasteiger partial charge < -0.3 is 4.98 Å². The molecule has 0 aliphatic heterocycles. The van der Waals surface area contributed by atoms with Crippen LogP contribution < -0.4 is 10.9 Å². The number of H-pyrrole nitrogens is 1. The van der Waals surface area contributed by atoms with Gasteiger partial charge in [-0.3, -0.25) is 20.4 Å². The van der Waals surface area contributed by atoms with Gasteiger partial charge in [-0.15, -0.1) is 0 Å². The van der Waals surface area contributed by atoms with Gasteiger partial charge >= 0.3 is 0 Å². The second kappa shape index (κ2) is 5.19. The lowest BCUT2D eigenvalue weighted by atomic mass is 10.1. The van der Waals surface area contributed by atoms with E-state index in [-0.39, 0.29) is 17.7 Å². The molecule has 0 aliphatic carbocycles. The average Bonchev–Trinajstić information content (AvgIpc) is 2.65. The molecule has 0 saturated carbocycles. The van der Waals surface area contributed by atoms with E-state index in [1.807, 2.05) is 13.8 Å². The van der Waals surface area contributed by atoms with Crippen molar-refractivity contribution < 1.29 is 9.59 Å². The second-order valence-corrected chi connectivity index (χ2v) is 3.68. The van der Waals surface area contributed by atoms with E-state index < -0.39 is 0 Å². The number of hydrogen-bond donors (Lipinski definition) is 3. The summed E-state index contributed by atoms with van der Waals surface area (Å²) >= 11 is 0. The fourth-order valence-electron chi connectivity index (χ4n) is 1.09. The maximum Gasteiger partial charge on any atom is 0.286 e. The molecule has 1 aromatic rings. The lowest BCUT2D eigenvalue weighted by Gasteiger charge is -2.07. The van der Waals surface area contributed by atoms with E-state index in [4.69, 9.17) is 0 Å². The summed E-state index contributed by atoms with van der Waals surface area (Å²) in [6.07, 6.45) is 2.04. The minimum absolute atomic E-state index is 0.190. The quantitative estimate of drug-likeness (QED) is 0.645. The maximum absolute atomic E-state index is 11.3. The summed E-state index contributed by atoms with van der Waals surface area (Å²) in [5.74, 6) is -0.269. The third-order valence-corrected chi connectivity index (χ3v) is 1.75. The molecular weight excluding hydrogens is 194 g/mol. The Balaban J connectivity index is 2.32. The fourth-order valence-corrected chi connectivity index (χ4v) is 1.09. The summed E-state index contributed by atoms with van der Waals surface area (Å²) in [7, 11) is 0. The largest absolute Gasteiger partial charge is 0.357 e. The molecular formula is C10H15N3O2. The highest BCUT2D eigenvalue weighted by atomic mass is 16.2. The summed E-state index contributed by atoms with van der Waals surface area (Å²) in [5.41, 5.74) is 5.08. The number of nitrogens with one attached hydrogen (secondary N) is 3. The standard InChI is InChI=1S/C10H15N3O2/c1-7(2)6-9(14)12-13-10(15)8-4-3-5-11-8/h3-5,7,11H,6H2,1-2H3,(H,12,14)(H,13,15). The minimum Gasteiger partial charge on any atom is -0.357 e. The van der Waals surface area contributed by atoms with Crippen molar-refractivity contribution >= 4 is 11.8 Å². The predicted octanol–water partition coefficient (Wildman–Crippen LogP) is 0.822. The minimum atomic E-state index is -0.350. The van der Waals surface area contributed by atoms with Gasteiger partial charge in [0.05, 0.1) is 0 Å². The van der Waals surface area contributed by atoms with Gasteiger partial charge in [-0.2, -0.15) is 0 Å². The van der Waals surface area contributed by atoms with Gasteiger partial charge in [0.2, 0.25) is 5.91 Å². The first-order valence-corrected chi connectivity index (χ1v) is 4.82. The highest BCUT2D eigenvalue weighted by Gasteiger charge is 2.08.